The number of carbonyl (C=O) groups excluding carboxylic acids is 1. The van der Waals surface area contributed by atoms with Crippen LogP contribution in [0.4, 0.5) is 0 Å². The summed E-state index contributed by atoms with van der Waals surface area (Å²) in [5, 5.41) is 19.0. The average Bonchev–Trinajstić information content (AvgIpc) is 3.20. The zero-order chi connectivity index (χ0) is 37.3. The molecule has 9 atom stereocenters. The van der Waals surface area contributed by atoms with Crippen molar-refractivity contribution < 1.29 is 9.53 Å². The molecule has 2 aromatic heterocycles. The summed E-state index contributed by atoms with van der Waals surface area (Å²) in [6, 6.07) is 27.8. The number of benzene rings is 2. The number of aldehydes is 1. The van der Waals surface area contributed by atoms with Crippen LogP contribution in [0, 0.1) is 75.9 Å². The highest BCUT2D eigenvalue weighted by molar-refractivity contribution is 5.71. The average molecular weight is 703 g/mol. The lowest BCUT2D eigenvalue weighted by atomic mass is 9.63. The maximum absolute atomic E-state index is 12.7. The molecule has 270 valence electrons. The summed E-state index contributed by atoms with van der Waals surface area (Å²) in [6.07, 6.45) is 16.8. The van der Waals surface area contributed by atoms with Gasteiger partial charge in [-0.2, -0.15) is 10.5 Å². The zero-order valence-corrected chi connectivity index (χ0v) is 31.3. The number of carbonyl (C=O) groups is 1. The van der Waals surface area contributed by atoms with E-state index in [-0.39, 0.29) is 17.8 Å². The van der Waals surface area contributed by atoms with E-state index in [9.17, 15) is 15.3 Å². The second-order valence-electron chi connectivity index (χ2n) is 15.4. The van der Waals surface area contributed by atoms with Crippen LogP contribution < -0.4 is 0 Å². The second-order valence-corrected chi connectivity index (χ2v) is 15.4. The van der Waals surface area contributed by atoms with Gasteiger partial charge in [0.05, 0.1) is 41.3 Å². The van der Waals surface area contributed by atoms with Crippen molar-refractivity contribution in [2.75, 3.05) is 13.2 Å². The predicted octanol–water partition coefficient (Wildman–Crippen LogP) is 10.3. The van der Waals surface area contributed by atoms with Crippen molar-refractivity contribution in [3.05, 3.63) is 120 Å². The fourth-order valence-corrected chi connectivity index (χ4v) is 8.63. The van der Waals surface area contributed by atoms with Crippen LogP contribution in [0.25, 0.3) is 34.4 Å². The molecule has 6 rings (SSSR count). The highest BCUT2D eigenvalue weighted by atomic mass is 16.5. The van der Waals surface area contributed by atoms with Crippen molar-refractivity contribution in [3.63, 3.8) is 0 Å². The predicted molar refractivity (Wildman–Crippen MR) is 212 cm³/mol. The lowest BCUT2D eigenvalue weighted by Crippen LogP contribution is -2.40. The van der Waals surface area contributed by atoms with E-state index in [0.29, 0.717) is 59.8 Å². The minimum Gasteiger partial charge on any atom is -0.381 e. The van der Waals surface area contributed by atoms with Crippen molar-refractivity contribution in [1.82, 2.24) is 9.97 Å². The van der Waals surface area contributed by atoms with E-state index in [1.165, 1.54) is 6.42 Å². The van der Waals surface area contributed by atoms with Crippen LogP contribution in [-0.4, -0.2) is 29.5 Å². The minimum atomic E-state index is -0.116. The van der Waals surface area contributed by atoms with Crippen LogP contribution in [0.15, 0.2) is 97.3 Å². The number of nitriles is 2. The molecule has 2 saturated carbocycles. The van der Waals surface area contributed by atoms with Gasteiger partial charge in [0.25, 0.3) is 0 Å². The third-order valence-electron chi connectivity index (χ3n) is 12.3. The fraction of sp³-hybridized carbons (Fsp3) is 0.383. The van der Waals surface area contributed by atoms with Gasteiger partial charge in [0, 0.05) is 47.2 Å². The first-order chi connectivity index (χ1) is 25.8. The molecular formula is C47H50N4O2. The van der Waals surface area contributed by atoms with Gasteiger partial charge in [0.1, 0.15) is 6.29 Å². The third-order valence-corrected chi connectivity index (χ3v) is 12.3. The van der Waals surface area contributed by atoms with Gasteiger partial charge in [0.2, 0.25) is 0 Å². The maximum Gasteiger partial charge on any atom is 0.124 e. The van der Waals surface area contributed by atoms with Gasteiger partial charge in [-0.25, -0.2) is 0 Å². The highest BCUT2D eigenvalue weighted by Gasteiger charge is 2.40. The number of pyridine rings is 2. The van der Waals surface area contributed by atoms with E-state index in [0.717, 1.165) is 52.8 Å². The Hall–Kier alpha value is -5.17. The molecule has 2 unspecified atom stereocenters. The van der Waals surface area contributed by atoms with Crippen molar-refractivity contribution >= 4 is 18.4 Å². The van der Waals surface area contributed by atoms with Crippen LogP contribution in [0.2, 0.25) is 0 Å². The fourth-order valence-electron chi connectivity index (χ4n) is 8.63. The van der Waals surface area contributed by atoms with E-state index in [2.05, 4.69) is 63.0 Å². The number of ether oxygens (including phenoxy) is 1. The molecule has 0 spiro atoms. The summed E-state index contributed by atoms with van der Waals surface area (Å²) < 4.78 is 6.57. The Labute approximate surface area is 315 Å². The Morgan fingerprint density at radius 2 is 1.19 bits per heavy atom. The molecule has 6 nitrogen and oxygen atoms in total. The smallest absolute Gasteiger partial charge is 0.124 e. The van der Waals surface area contributed by atoms with Gasteiger partial charge in [0.15, 0.2) is 0 Å². The highest BCUT2D eigenvalue weighted by Crippen LogP contribution is 2.44. The normalized spacial score (nSPS) is 27.3. The summed E-state index contributed by atoms with van der Waals surface area (Å²) in [4.78, 5) is 22.1. The first-order valence-electron chi connectivity index (χ1n) is 19.1. The van der Waals surface area contributed by atoms with E-state index in [4.69, 9.17) is 9.72 Å². The summed E-state index contributed by atoms with van der Waals surface area (Å²) in [5.74, 6) is 2.89. The van der Waals surface area contributed by atoms with Crippen LogP contribution in [0.1, 0.15) is 69.5 Å². The van der Waals surface area contributed by atoms with Gasteiger partial charge in [-0.1, -0.05) is 94.8 Å². The molecule has 6 heteroatoms. The molecule has 0 bridgehead atoms. The summed E-state index contributed by atoms with van der Waals surface area (Å²) in [7, 11) is 0. The molecule has 2 aromatic carbocycles. The molecule has 0 radical (unpaired) electrons. The molecule has 2 heterocycles. The number of hydrogen-bond acceptors (Lipinski definition) is 6. The summed E-state index contributed by atoms with van der Waals surface area (Å²) in [5.41, 5.74) is 6.63. The van der Waals surface area contributed by atoms with Gasteiger partial charge >= 0.3 is 0 Å². The molecule has 0 saturated heterocycles. The van der Waals surface area contributed by atoms with E-state index in [1.807, 2.05) is 91.3 Å². The van der Waals surface area contributed by atoms with E-state index < -0.39 is 0 Å². The molecule has 2 aliphatic carbocycles. The monoisotopic (exact) mass is 702 g/mol. The van der Waals surface area contributed by atoms with Crippen LogP contribution in [0.3, 0.4) is 0 Å². The van der Waals surface area contributed by atoms with Crippen molar-refractivity contribution in [3.8, 4) is 34.4 Å². The van der Waals surface area contributed by atoms with Crippen LogP contribution in [0.5, 0.6) is 0 Å². The number of hydrogen-bond donors (Lipinski definition) is 0. The molecule has 0 amide bonds. The molecule has 0 N–H and O–H groups in total. The van der Waals surface area contributed by atoms with Gasteiger partial charge in [-0.05, 0) is 96.6 Å². The standard InChI is InChI=1S/C47H50N4O2/c1-31-13-14-39(43(33(31)3)21-19-41-17-15-37(26-50-41)45-11-7-5-9-35(45)24-48)29-53-30-40-23-32(2)34(4)44(47(40)28-52)22-20-42-18-16-38(27-51-42)46-12-8-6-10-36(46)25-49/h5-12,15-22,26-28,31-34,39-40,43-44,47H,13-14,23,29-30H2,1-4H3/t31-,32-,33+,34+,39-,40?,43-,44-,47?/m0/s1. The largest absolute Gasteiger partial charge is 0.381 e. The first kappa shape index (κ1) is 37.6. The summed E-state index contributed by atoms with van der Waals surface area (Å²) in [6.45, 7) is 10.5. The number of rotatable bonds is 11. The first-order valence-corrected chi connectivity index (χ1v) is 19.1. The molecule has 2 aliphatic rings. The Morgan fingerprint density at radius 1 is 0.660 bits per heavy atom. The molecular weight excluding hydrogens is 653 g/mol. The quantitative estimate of drug-likeness (QED) is 0.144. The van der Waals surface area contributed by atoms with E-state index >= 15 is 0 Å². The molecule has 53 heavy (non-hydrogen) atoms. The van der Waals surface area contributed by atoms with Crippen molar-refractivity contribution in [2.45, 2.75) is 47.0 Å². The van der Waals surface area contributed by atoms with Crippen molar-refractivity contribution in [2.24, 2.45) is 53.3 Å². The third kappa shape index (κ3) is 8.73. The van der Waals surface area contributed by atoms with Crippen LogP contribution in [-0.2, 0) is 9.53 Å². The lowest BCUT2D eigenvalue weighted by Gasteiger charge is -2.42. The number of aromatic nitrogens is 2. The minimum absolute atomic E-state index is 0.101. The number of nitrogens with zero attached hydrogens (tertiary/aromatic N) is 4. The van der Waals surface area contributed by atoms with Gasteiger partial charge in [-0.15, -0.1) is 0 Å². The Kier molecular flexibility index (Phi) is 12.5. The molecule has 2 fully saturated rings. The molecule has 0 aliphatic heterocycles. The maximum atomic E-state index is 12.7. The van der Waals surface area contributed by atoms with Gasteiger partial charge < -0.3 is 9.53 Å². The Morgan fingerprint density at radius 3 is 1.72 bits per heavy atom. The zero-order valence-electron chi connectivity index (χ0n) is 31.3. The number of allylic oxidation sites excluding steroid dienone is 2. The topological polar surface area (TPSA) is 99.7 Å². The Bertz CT molecular complexity index is 1990. The van der Waals surface area contributed by atoms with Crippen LogP contribution >= 0.6 is 0 Å². The Balaban J connectivity index is 1.09. The summed E-state index contributed by atoms with van der Waals surface area (Å²) >= 11 is 0. The second kappa shape index (κ2) is 17.6. The van der Waals surface area contributed by atoms with Gasteiger partial charge in [-0.3, -0.25) is 9.97 Å². The molecule has 4 aromatic rings. The SMILES string of the molecule is C[C@H]1[C@H](C=Cc2ccc(-c3ccccc3C#N)cn2)[C@H](COCC2C[C@H](C)[C@@H](C)[C@H](C=Cc3ccc(-c4ccccc4C#N)cn3)C2C=O)CC[C@@H]1C. The van der Waals surface area contributed by atoms with Crippen molar-refractivity contribution in [1.29, 1.82) is 10.5 Å². The lowest BCUT2D eigenvalue weighted by molar-refractivity contribution is -0.118. The van der Waals surface area contributed by atoms with E-state index in [1.54, 1.807) is 0 Å².